The Hall–Kier alpha value is -1.86. The van der Waals surface area contributed by atoms with Crippen LogP contribution in [0.4, 0.5) is 0 Å². The van der Waals surface area contributed by atoms with Gasteiger partial charge in [-0.2, -0.15) is 5.26 Å². The number of benzene rings is 1. The molecule has 2 rings (SSSR count). The summed E-state index contributed by atoms with van der Waals surface area (Å²) in [5.74, 6) is 0.870. The molecule has 0 aliphatic rings. The minimum Gasteiger partial charge on any atom is -0.493 e. The van der Waals surface area contributed by atoms with Gasteiger partial charge in [0, 0.05) is 11.8 Å². The predicted octanol–water partition coefficient (Wildman–Crippen LogP) is 3.93. The minimum atomic E-state index is 0.160. The maximum Gasteiger partial charge on any atom is 0.151 e. The van der Waals surface area contributed by atoms with Crippen LogP contribution in [0.25, 0.3) is 0 Å². The van der Waals surface area contributed by atoms with Crippen LogP contribution < -0.4 is 4.74 Å². The van der Waals surface area contributed by atoms with Crippen LogP contribution in [-0.2, 0) is 11.8 Å². The van der Waals surface area contributed by atoms with Crippen LogP contribution in [0.1, 0.15) is 37.0 Å². The normalized spacial score (nSPS) is 11.1. The predicted molar refractivity (Wildman–Crippen MR) is 81.2 cm³/mol. The van der Waals surface area contributed by atoms with E-state index in [1.54, 1.807) is 5.38 Å². The topological polar surface area (TPSA) is 45.9 Å². The summed E-state index contributed by atoms with van der Waals surface area (Å²) in [6.07, 6.45) is 0.730. The fourth-order valence-corrected chi connectivity index (χ4v) is 2.49. The van der Waals surface area contributed by atoms with Crippen LogP contribution in [0.5, 0.6) is 5.75 Å². The van der Waals surface area contributed by atoms with Crippen molar-refractivity contribution in [1.82, 2.24) is 4.98 Å². The second-order valence-corrected chi connectivity index (χ2v) is 6.55. The first-order valence-electron chi connectivity index (χ1n) is 6.57. The van der Waals surface area contributed by atoms with Gasteiger partial charge in [0.1, 0.15) is 11.8 Å². The van der Waals surface area contributed by atoms with E-state index in [0.29, 0.717) is 12.3 Å². The van der Waals surface area contributed by atoms with Crippen molar-refractivity contribution in [2.24, 2.45) is 0 Å². The van der Waals surface area contributed by atoms with Gasteiger partial charge >= 0.3 is 0 Å². The number of nitriles is 1. The summed E-state index contributed by atoms with van der Waals surface area (Å²) in [7, 11) is 0. The van der Waals surface area contributed by atoms with E-state index in [9.17, 15) is 0 Å². The van der Waals surface area contributed by atoms with Crippen molar-refractivity contribution in [3.63, 3.8) is 0 Å². The van der Waals surface area contributed by atoms with Crippen molar-refractivity contribution in [2.75, 3.05) is 6.61 Å². The van der Waals surface area contributed by atoms with Gasteiger partial charge in [0.25, 0.3) is 0 Å². The lowest BCUT2D eigenvalue weighted by Gasteiger charge is -2.19. The number of hydrogen-bond acceptors (Lipinski definition) is 4. The summed E-state index contributed by atoms with van der Waals surface area (Å²) >= 11 is 1.50. The molecular formula is C16H18N2OS. The second kappa shape index (κ2) is 6.06. The highest BCUT2D eigenvalue weighted by atomic mass is 32.1. The smallest absolute Gasteiger partial charge is 0.151 e. The minimum absolute atomic E-state index is 0.160. The highest BCUT2D eigenvalue weighted by Gasteiger charge is 2.12. The van der Waals surface area contributed by atoms with Crippen LogP contribution >= 0.6 is 11.3 Å². The van der Waals surface area contributed by atoms with Crippen molar-refractivity contribution in [3.8, 4) is 11.8 Å². The van der Waals surface area contributed by atoms with Gasteiger partial charge in [-0.05, 0) is 23.1 Å². The van der Waals surface area contributed by atoms with Gasteiger partial charge < -0.3 is 4.74 Å². The lowest BCUT2D eigenvalue weighted by atomic mass is 9.87. The van der Waals surface area contributed by atoms with Crippen LogP contribution in [0, 0.1) is 11.3 Å². The Kier molecular flexibility index (Phi) is 4.41. The van der Waals surface area contributed by atoms with Crippen LogP contribution in [0.3, 0.4) is 0 Å². The van der Waals surface area contributed by atoms with Gasteiger partial charge in [-0.25, -0.2) is 4.98 Å². The monoisotopic (exact) mass is 286 g/mol. The molecule has 0 spiro atoms. The quantitative estimate of drug-likeness (QED) is 0.855. The maximum absolute atomic E-state index is 8.71. The summed E-state index contributed by atoms with van der Waals surface area (Å²) in [5, 5.41) is 11.4. The molecule has 0 fully saturated rings. The molecule has 104 valence electrons. The third-order valence-corrected chi connectivity index (χ3v) is 3.88. The number of rotatable bonds is 4. The number of ether oxygens (including phenoxy) is 1. The van der Waals surface area contributed by atoms with Crippen LogP contribution in [0.15, 0.2) is 29.6 Å². The lowest BCUT2D eigenvalue weighted by molar-refractivity contribution is 0.321. The van der Waals surface area contributed by atoms with Gasteiger partial charge in [-0.15, -0.1) is 11.3 Å². The standard InChI is InChI=1S/C16H18N2OS/c1-16(2,3)12-4-6-14(7-5-12)19-9-8-15-18-13(10-17)11-20-15/h4-7,11H,8-9H2,1-3H3. The zero-order valence-corrected chi connectivity index (χ0v) is 12.8. The Morgan fingerprint density at radius 1 is 1.25 bits per heavy atom. The van der Waals surface area contributed by atoms with E-state index in [-0.39, 0.29) is 5.41 Å². The van der Waals surface area contributed by atoms with Crippen molar-refractivity contribution >= 4 is 11.3 Å². The van der Waals surface area contributed by atoms with Crippen molar-refractivity contribution in [2.45, 2.75) is 32.6 Å². The van der Waals surface area contributed by atoms with E-state index in [1.807, 2.05) is 18.2 Å². The fourth-order valence-electron chi connectivity index (χ4n) is 1.78. The molecule has 0 atom stereocenters. The van der Waals surface area contributed by atoms with Gasteiger partial charge in [-0.3, -0.25) is 0 Å². The molecule has 1 aromatic heterocycles. The number of thiazole rings is 1. The Labute approximate surface area is 123 Å². The maximum atomic E-state index is 8.71. The number of aromatic nitrogens is 1. The molecule has 0 unspecified atom stereocenters. The van der Waals surface area contributed by atoms with E-state index in [0.717, 1.165) is 17.2 Å². The average Bonchev–Trinajstić information content (AvgIpc) is 2.86. The van der Waals surface area contributed by atoms with E-state index in [2.05, 4.69) is 37.9 Å². The summed E-state index contributed by atoms with van der Waals surface area (Å²) < 4.78 is 5.70. The zero-order valence-electron chi connectivity index (χ0n) is 12.0. The van der Waals surface area contributed by atoms with Crippen LogP contribution in [-0.4, -0.2) is 11.6 Å². The highest BCUT2D eigenvalue weighted by Crippen LogP contribution is 2.24. The van der Waals surface area contributed by atoms with Crippen molar-refractivity contribution in [3.05, 3.63) is 45.9 Å². The largest absolute Gasteiger partial charge is 0.493 e. The molecular weight excluding hydrogens is 268 g/mol. The summed E-state index contributed by atoms with van der Waals surface area (Å²) in [6.45, 7) is 7.15. The molecule has 0 bridgehead atoms. The lowest BCUT2D eigenvalue weighted by Crippen LogP contribution is -2.10. The van der Waals surface area contributed by atoms with Crippen molar-refractivity contribution in [1.29, 1.82) is 5.26 Å². The number of hydrogen-bond donors (Lipinski definition) is 0. The molecule has 2 aromatic rings. The molecule has 0 aliphatic heterocycles. The SMILES string of the molecule is CC(C)(C)c1ccc(OCCc2nc(C#N)cs2)cc1. The highest BCUT2D eigenvalue weighted by molar-refractivity contribution is 7.09. The molecule has 0 amide bonds. The Bertz CT molecular complexity index is 603. The van der Waals surface area contributed by atoms with E-state index in [1.165, 1.54) is 16.9 Å². The summed E-state index contributed by atoms with van der Waals surface area (Å²) in [6, 6.07) is 10.2. The van der Waals surface area contributed by atoms with Crippen LogP contribution in [0.2, 0.25) is 0 Å². The van der Waals surface area contributed by atoms with Gasteiger partial charge in [0.2, 0.25) is 0 Å². The molecule has 20 heavy (non-hydrogen) atoms. The van der Waals surface area contributed by atoms with Gasteiger partial charge in [0.05, 0.1) is 11.6 Å². The average molecular weight is 286 g/mol. The molecule has 0 aliphatic carbocycles. The second-order valence-electron chi connectivity index (χ2n) is 5.61. The number of nitrogens with zero attached hydrogens (tertiary/aromatic N) is 2. The molecule has 0 saturated heterocycles. The first kappa shape index (κ1) is 14.5. The van der Waals surface area contributed by atoms with E-state index >= 15 is 0 Å². The zero-order chi connectivity index (χ0) is 14.6. The molecule has 3 nitrogen and oxygen atoms in total. The first-order chi connectivity index (χ1) is 9.49. The Balaban J connectivity index is 1.87. The first-order valence-corrected chi connectivity index (χ1v) is 7.45. The molecule has 1 aromatic carbocycles. The third-order valence-electron chi connectivity index (χ3n) is 2.97. The molecule has 1 heterocycles. The summed E-state index contributed by atoms with van der Waals surface area (Å²) in [5.41, 5.74) is 1.94. The Morgan fingerprint density at radius 3 is 2.50 bits per heavy atom. The van der Waals surface area contributed by atoms with Crippen molar-refractivity contribution < 1.29 is 4.74 Å². The fraction of sp³-hybridized carbons (Fsp3) is 0.375. The van der Waals surface area contributed by atoms with E-state index in [4.69, 9.17) is 10.00 Å². The molecule has 0 N–H and O–H groups in total. The molecule has 0 saturated carbocycles. The summed E-state index contributed by atoms with van der Waals surface area (Å²) in [4.78, 5) is 4.18. The molecule has 4 heteroatoms. The Morgan fingerprint density at radius 2 is 1.95 bits per heavy atom. The van der Waals surface area contributed by atoms with Gasteiger partial charge in [-0.1, -0.05) is 32.9 Å². The van der Waals surface area contributed by atoms with Gasteiger partial charge in [0.15, 0.2) is 5.69 Å². The third kappa shape index (κ3) is 3.82. The molecule has 0 radical (unpaired) electrons. The van der Waals surface area contributed by atoms with E-state index < -0.39 is 0 Å².